The monoisotopic (exact) mass is 376 g/mol. The summed E-state index contributed by atoms with van der Waals surface area (Å²) in [7, 11) is 1.51. The Kier molecular flexibility index (Phi) is 4.44. The number of carbonyl (C=O) groups excluding carboxylic acids is 1. The van der Waals surface area contributed by atoms with Crippen LogP contribution < -0.4 is 4.74 Å². The van der Waals surface area contributed by atoms with Gasteiger partial charge in [0.05, 0.1) is 26.0 Å². The lowest BCUT2D eigenvalue weighted by molar-refractivity contribution is -0.144. The van der Waals surface area contributed by atoms with Crippen molar-refractivity contribution < 1.29 is 18.7 Å². The first-order valence-corrected chi connectivity index (χ1v) is 9.58. The molecule has 5 nitrogen and oxygen atoms in total. The molecule has 0 spiro atoms. The van der Waals surface area contributed by atoms with E-state index in [1.165, 1.54) is 30.6 Å². The Morgan fingerprint density at radius 1 is 1.46 bits per heavy atom. The number of ether oxygens (including phenoxy) is 2. The van der Waals surface area contributed by atoms with Gasteiger partial charge >= 0.3 is 0 Å². The molecule has 1 amide bonds. The van der Waals surface area contributed by atoms with Crippen molar-refractivity contribution in [3.05, 3.63) is 34.4 Å². The third-order valence-corrected chi connectivity index (χ3v) is 6.04. The minimum atomic E-state index is -0.348. The number of hydrogen-bond donors (Lipinski definition) is 0. The number of morpholine rings is 1. The highest BCUT2D eigenvalue weighted by Crippen LogP contribution is 2.47. The molecule has 1 aliphatic heterocycles. The van der Waals surface area contributed by atoms with E-state index in [1.54, 1.807) is 6.07 Å². The minimum absolute atomic E-state index is 0.169. The predicted octanol–water partition coefficient (Wildman–Crippen LogP) is 3.66. The summed E-state index contributed by atoms with van der Waals surface area (Å²) in [5, 5.41) is 2.74. The van der Waals surface area contributed by atoms with Crippen LogP contribution in [0.2, 0.25) is 0 Å². The van der Waals surface area contributed by atoms with Crippen LogP contribution in [0.1, 0.15) is 30.9 Å². The lowest BCUT2D eigenvalue weighted by Gasteiger charge is -2.33. The highest BCUT2D eigenvalue weighted by atomic mass is 32.1. The summed E-state index contributed by atoms with van der Waals surface area (Å²) in [6.07, 6.45) is 1.72. The quantitative estimate of drug-likeness (QED) is 0.817. The molecular formula is C19H21FN2O3S. The number of amides is 1. The average molecular weight is 376 g/mol. The van der Waals surface area contributed by atoms with Crippen molar-refractivity contribution in [2.75, 3.05) is 26.8 Å². The van der Waals surface area contributed by atoms with Crippen LogP contribution in [0.25, 0.3) is 11.3 Å². The van der Waals surface area contributed by atoms with Gasteiger partial charge in [-0.3, -0.25) is 4.79 Å². The Morgan fingerprint density at radius 2 is 2.27 bits per heavy atom. The van der Waals surface area contributed by atoms with E-state index in [0.29, 0.717) is 25.4 Å². The number of thiazole rings is 1. The van der Waals surface area contributed by atoms with Crippen molar-refractivity contribution in [3.8, 4) is 17.0 Å². The van der Waals surface area contributed by atoms with Crippen molar-refractivity contribution in [2.45, 2.75) is 25.9 Å². The van der Waals surface area contributed by atoms with Crippen molar-refractivity contribution in [2.24, 2.45) is 5.41 Å². The summed E-state index contributed by atoms with van der Waals surface area (Å²) < 4.78 is 24.5. The molecule has 7 heteroatoms. The van der Waals surface area contributed by atoms with Gasteiger partial charge in [0.2, 0.25) is 5.91 Å². The van der Waals surface area contributed by atoms with Crippen molar-refractivity contribution in [1.29, 1.82) is 0 Å². The van der Waals surface area contributed by atoms with Crippen molar-refractivity contribution in [1.82, 2.24) is 9.88 Å². The molecule has 1 saturated heterocycles. The molecule has 0 radical (unpaired) electrons. The third kappa shape index (κ3) is 3.21. The fraction of sp³-hybridized carbons (Fsp3) is 0.474. The molecule has 1 aromatic heterocycles. The zero-order valence-electron chi connectivity index (χ0n) is 14.8. The second-order valence-corrected chi connectivity index (χ2v) is 7.98. The largest absolute Gasteiger partial charge is 0.496 e. The summed E-state index contributed by atoms with van der Waals surface area (Å²) in [5.41, 5.74) is 1.30. The molecule has 2 aliphatic rings. The number of nitrogens with zero attached hydrogens (tertiary/aromatic N) is 2. The van der Waals surface area contributed by atoms with Crippen LogP contribution in [0.3, 0.4) is 0 Å². The minimum Gasteiger partial charge on any atom is -0.496 e. The highest BCUT2D eigenvalue weighted by molar-refractivity contribution is 7.10. The number of aromatic nitrogens is 1. The van der Waals surface area contributed by atoms with Gasteiger partial charge in [0.1, 0.15) is 22.7 Å². The number of halogens is 1. The molecule has 0 unspecified atom stereocenters. The molecule has 1 saturated carbocycles. The number of hydrogen-bond acceptors (Lipinski definition) is 5. The van der Waals surface area contributed by atoms with Gasteiger partial charge in [0.15, 0.2) is 0 Å². The van der Waals surface area contributed by atoms with E-state index in [2.05, 4.69) is 4.98 Å². The smallest absolute Gasteiger partial charge is 0.228 e. The van der Waals surface area contributed by atoms with E-state index in [4.69, 9.17) is 9.47 Å². The van der Waals surface area contributed by atoms with Crippen LogP contribution in [0.5, 0.6) is 5.75 Å². The molecule has 0 N–H and O–H groups in total. The van der Waals surface area contributed by atoms with Gasteiger partial charge in [-0.25, -0.2) is 9.37 Å². The Labute approximate surface area is 155 Å². The molecule has 2 aromatic rings. The molecule has 0 bridgehead atoms. The second kappa shape index (κ2) is 6.63. The normalized spacial score (nSPS) is 21.5. The van der Waals surface area contributed by atoms with Crippen LogP contribution in [0, 0.1) is 11.2 Å². The van der Waals surface area contributed by atoms with E-state index in [-0.39, 0.29) is 23.2 Å². The van der Waals surface area contributed by atoms with Crippen LogP contribution in [0.4, 0.5) is 4.39 Å². The SMILES string of the molecule is COc1cc(F)ccc1-c1csc([C@H]2CN(C(=O)C3(C)CC3)CCO2)n1. The van der Waals surface area contributed by atoms with E-state index >= 15 is 0 Å². The summed E-state index contributed by atoms with van der Waals surface area (Å²) >= 11 is 1.49. The first-order chi connectivity index (χ1) is 12.5. The van der Waals surface area contributed by atoms with Gasteiger partial charge in [0.25, 0.3) is 0 Å². The van der Waals surface area contributed by atoms with Crippen molar-refractivity contribution >= 4 is 17.2 Å². The summed E-state index contributed by atoms with van der Waals surface area (Å²) in [5.74, 6) is 0.326. The topological polar surface area (TPSA) is 51.7 Å². The van der Waals surface area contributed by atoms with E-state index in [0.717, 1.165) is 29.1 Å². The molecule has 2 fully saturated rings. The number of benzene rings is 1. The molecule has 1 aliphatic carbocycles. The molecule has 1 atom stereocenters. The highest BCUT2D eigenvalue weighted by Gasteiger charge is 2.48. The summed E-state index contributed by atoms with van der Waals surface area (Å²) in [6, 6.07) is 4.41. The third-order valence-electron chi connectivity index (χ3n) is 5.11. The fourth-order valence-corrected chi connectivity index (χ4v) is 4.06. The Balaban J connectivity index is 1.53. The lowest BCUT2D eigenvalue weighted by Crippen LogP contribution is -2.45. The standard InChI is InChI=1S/C19H21FN2O3S/c1-19(5-6-19)18(23)22-7-8-25-16(10-22)17-21-14(11-26-17)13-4-3-12(20)9-15(13)24-2/h3-4,9,11,16H,5-8,10H2,1-2H3/t16-/m1/s1. The van der Waals surface area contributed by atoms with E-state index in [9.17, 15) is 9.18 Å². The Morgan fingerprint density at radius 3 is 3.00 bits per heavy atom. The zero-order valence-corrected chi connectivity index (χ0v) is 15.6. The molecule has 4 rings (SSSR count). The van der Waals surface area contributed by atoms with Crippen LogP contribution in [0.15, 0.2) is 23.6 Å². The fourth-order valence-electron chi connectivity index (χ4n) is 3.20. The zero-order chi connectivity index (χ0) is 18.3. The Bertz CT molecular complexity index is 834. The van der Waals surface area contributed by atoms with Gasteiger partial charge in [-0.15, -0.1) is 11.3 Å². The van der Waals surface area contributed by atoms with Gasteiger partial charge in [-0.1, -0.05) is 6.92 Å². The lowest BCUT2D eigenvalue weighted by atomic mass is 10.1. The van der Waals surface area contributed by atoms with Crippen molar-refractivity contribution in [3.63, 3.8) is 0 Å². The maximum atomic E-state index is 13.4. The number of carbonyl (C=O) groups is 1. The number of rotatable bonds is 4. The van der Waals surface area contributed by atoms with Gasteiger partial charge in [-0.05, 0) is 25.0 Å². The molecule has 1 aromatic carbocycles. The summed E-state index contributed by atoms with van der Waals surface area (Å²) in [6.45, 7) is 3.71. The Hall–Kier alpha value is -1.99. The molecule has 2 heterocycles. The van der Waals surface area contributed by atoms with Crippen LogP contribution in [-0.2, 0) is 9.53 Å². The maximum Gasteiger partial charge on any atom is 0.228 e. The molecule has 26 heavy (non-hydrogen) atoms. The van der Waals surface area contributed by atoms with E-state index in [1.807, 2.05) is 17.2 Å². The first kappa shape index (κ1) is 17.4. The van der Waals surface area contributed by atoms with Crippen LogP contribution >= 0.6 is 11.3 Å². The summed E-state index contributed by atoms with van der Waals surface area (Å²) in [4.78, 5) is 19.2. The predicted molar refractivity (Wildman–Crippen MR) is 96.7 cm³/mol. The van der Waals surface area contributed by atoms with Crippen LogP contribution in [-0.4, -0.2) is 42.6 Å². The number of methoxy groups -OCH3 is 1. The van der Waals surface area contributed by atoms with Gasteiger partial charge < -0.3 is 14.4 Å². The maximum absolute atomic E-state index is 13.4. The average Bonchev–Trinajstić information content (AvgIpc) is 3.22. The molecule has 138 valence electrons. The first-order valence-electron chi connectivity index (χ1n) is 8.70. The van der Waals surface area contributed by atoms with Gasteiger partial charge in [-0.2, -0.15) is 0 Å². The molecular weight excluding hydrogens is 355 g/mol. The second-order valence-electron chi connectivity index (χ2n) is 7.09. The van der Waals surface area contributed by atoms with Gasteiger partial charge in [0, 0.05) is 29.0 Å². The van der Waals surface area contributed by atoms with E-state index < -0.39 is 0 Å².